The molecule has 1 aliphatic rings. The number of likely N-dealkylation sites (tertiary alicyclic amines) is 1. The molecule has 0 saturated carbocycles. The molecule has 0 aliphatic carbocycles. The van der Waals surface area contributed by atoms with Gasteiger partial charge in [-0.05, 0) is 26.7 Å². The summed E-state index contributed by atoms with van der Waals surface area (Å²) >= 11 is 0. The van der Waals surface area contributed by atoms with Crippen LogP contribution in [-0.4, -0.2) is 48.5 Å². The van der Waals surface area contributed by atoms with Crippen LogP contribution in [0.25, 0.3) is 0 Å². The molecular weight excluding hydrogens is 272 g/mol. The first-order valence-corrected chi connectivity index (χ1v) is 7.06. The lowest BCUT2D eigenvalue weighted by molar-refractivity contribution is 0.0740. The van der Waals surface area contributed by atoms with Gasteiger partial charge in [0.15, 0.2) is 11.5 Å². The van der Waals surface area contributed by atoms with Crippen molar-refractivity contribution in [3.63, 3.8) is 0 Å². The summed E-state index contributed by atoms with van der Waals surface area (Å²) in [7, 11) is 0. The van der Waals surface area contributed by atoms with E-state index in [2.05, 4.69) is 27.4 Å². The Morgan fingerprint density at radius 1 is 1.43 bits per heavy atom. The van der Waals surface area contributed by atoms with Crippen molar-refractivity contribution >= 4 is 5.91 Å². The monoisotopic (exact) mass is 290 g/mol. The fourth-order valence-corrected chi connectivity index (χ4v) is 2.62. The van der Waals surface area contributed by atoms with Gasteiger partial charge >= 0.3 is 0 Å². The summed E-state index contributed by atoms with van der Waals surface area (Å²) in [6.07, 6.45) is 2.09. The molecule has 1 fully saturated rings. The van der Waals surface area contributed by atoms with Gasteiger partial charge in [0.05, 0.1) is 5.69 Å². The molecule has 8 nitrogen and oxygen atoms in total. The average molecular weight is 290 g/mol. The number of carbonyl (C=O) groups excluding carboxylic acids is 1. The lowest BCUT2D eigenvalue weighted by atomic mass is 10.2. The molecule has 3 rings (SSSR count). The van der Waals surface area contributed by atoms with Crippen molar-refractivity contribution in [2.24, 2.45) is 0 Å². The summed E-state index contributed by atoms with van der Waals surface area (Å²) < 4.78 is 6.55. The SMILES string of the molecule is Cc1nc(Cn2nnc(C(=O)N3CCCC3C)c2C)no1. The van der Waals surface area contributed by atoms with E-state index in [9.17, 15) is 4.79 Å². The number of carbonyl (C=O) groups is 1. The van der Waals surface area contributed by atoms with Gasteiger partial charge in [-0.1, -0.05) is 10.4 Å². The maximum atomic E-state index is 12.5. The van der Waals surface area contributed by atoms with Crippen LogP contribution in [0, 0.1) is 13.8 Å². The first-order valence-electron chi connectivity index (χ1n) is 7.06. The third-order valence-corrected chi connectivity index (χ3v) is 3.86. The van der Waals surface area contributed by atoms with Gasteiger partial charge in [0.25, 0.3) is 5.91 Å². The molecule has 0 bridgehead atoms. The summed E-state index contributed by atoms with van der Waals surface area (Å²) in [5, 5.41) is 11.9. The molecule has 1 saturated heterocycles. The van der Waals surface area contributed by atoms with Crippen molar-refractivity contribution in [2.75, 3.05) is 6.54 Å². The van der Waals surface area contributed by atoms with Crippen LogP contribution in [-0.2, 0) is 6.54 Å². The zero-order valence-corrected chi connectivity index (χ0v) is 12.4. The second-order valence-corrected chi connectivity index (χ2v) is 5.40. The smallest absolute Gasteiger partial charge is 0.276 e. The van der Waals surface area contributed by atoms with Crippen LogP contribution in [0.5, 0.6) is 0 Å². The minimum Gasteiger partial charge on any atom is -0.340 e. The van der Waals surface area contributed by atoms with E-state index in [0.717, 1.165) is 25.1 Å². The number of amides is 1. The molecule has 3 heterocycles. The normalized spacial score (nSPS) is 18.4. The molecule has 112 valence electrons. The highest BCUT2D eigenvalue weighted by atomic mass is 16.5. The Labute approximate surface area is 122 Å². The number of hydrogen-bond donors (Lipinski definition) is 0. The fourth-order valence-electron chi connectivity index (χ4n) is 2.62. The van der Waals surface area contributed by atoms with Gasteiger partial charge < -0.3 is 9.42 Å². The summed E-state index contributed by atoms with van der Waals surface area (Å²) in [5.41, 5.74) is 1.13. The molecule has 8 heteroatoms. The molecule has 0 spiro atoms. The molecular formula is C13H18N6O2. The van der Waals surface area contributed by atoms with Crippen LogP contribution in [0.4, 0.5) is 0 Å². The highest BCUT2D eigenvalue weighted by Crippen LogP contribution is 2.20. The molecule has 0 aromatic carbocycles. The first kappa shape index (κ1) is 13.7. The van der Waals surface area contributed by atoms with Crippen molar-refractivity contribution in [3.8, 4) is 0 Å². The van der Waals surface area contributed by atoms with Crippen LogP contribution < -0.4 is 0 Å². The van der Waals surface area contributed by atoms with Crippen molar-refractivity contribution in [1.82, 2.24) is 30.0 Å². The molecule has 2 aromatic rings. The van der Waals surface area contributed by atoms with E-state index in [1.54, 1.807) is 11.6 Å². The highest BCUT2D eigenvalue weighted by Gasteiger charge is 2.29. The Morgan fingerprint density at radius 2 is 2.24 bits per heavy atom. The van der Waals surface area contributed by atoms with E-state index in [1.807, 2.05) is 11.8 Å². The minimum absolute atomic E-state index is 0.0481. The van der Waals surface area contributed by atoms with E-state index in [1.165, 1.54) is 0 Å². The zero-order valence-electron chi connectivity index (χ0n) is 12.4. The Morgan fingerprint density at radius 3 is 2.86 bits per heavy atom. The molecule has 1 unspecified atom stereocenters. The Balaban J connectivity index is 1.80. The summed E-state index contributed by atoms with van der Waals surface area (Å²) in [5.74, 6) is 0.979. The van der Waals surface area contributed by atoms with Crippen molar-refractivity contribution in [1.29, 1.82) is 0 Å². The molecule has 0 N–H and O–H groups in total. The van der Waals surface area contributed by atoms with Gasteiger partial charge in [-0.25, -0.2) is 4.68 Å². The third kappa shape index (κ3) is 2.53. The van der Waals surface area contributed by atoms with Crippen LogP contribution >= 0.6 is 0 Å². The van der Waals surface area contributed by atoms with Gasteiger partial charge in [-0.3, -0.25) is 4.79 Å². The van der Waals surface area contributed by atoms with E-state index < -0.39 is 0 Å². The van der Waals surface area contributed by atoms with E-state index >= 15 is 0 Å². The molecule has 21 heavy (non-hydrogen) atoms. The molecule has 1 amide bonds. The number of aromatic nitrogens is 5. The van der Waals surface area contributed by atoms with Gasteiger partial charge in [-0.15, -0.1) is 5.10 Å². The number of aryl methyl sites for hydroxylation is 1. The van der Waals surface area contributed by atoms with Crippen LogP contribution in [0.15, 0.2) is 4.52 Å². The zero-order chi connectivity index (χ0) is 15.0. The number of hydrogen-bond acceptors (Lipinski definition) is 6. The lowest BCUT2D eigenvalue weighted by Crippen LogP contribution is -2.34. The lowest BCUT2D eigenvalue weighted by Gasteiger charge is -2.20. The van der Waals surface area contributed by atoms with Crippen LogP contribution in [0.1, 0.15) is 47.7 Å². The predicted octanol–water partition coefficient (Wildman–Crippen LogP) is 0.951. The topological polar surface area (TPSA) is 89.9 Å². The predicted molar refractivity (Wildman–Crippen MR) is 72.6 cm³/mol. The van der Waals surface area contributed by atoms with Crippen LogP contribution in [0.2, 0.25) is 0 Å². The van der Waals surface area contributed by atoms with Crippen LogP contribution in [0.3, 0.4) is 0 Å². The van der Waals surface area contributed by atoms with Gasteiger partial charge in [0, 0.05) is 19.5 Å². The summed E-state index contributed by atoms with van der Waals surface area (Å²) in [6, 6.07) is 0.266. The second-order valence-electron chi connectivity index (χ2n) is 5.40. The summed E-state index contributed by atoms with van der Waals surface area (Å²) in [4.78, 5) is 18.5. The minimum atomic E-state index is -0.0481. The largest absolute Gasteiger partial charge is 0.340 e. The quantitative estimate of drug-likeness (QED) is 0.836. The maximum absolute atomic E-state index is 12.5. The van der Waals surface area contributed by atoms with Gasteiger partial charge in [-0.2, -0.15) is 4.98 Å². The Kier molecular flexibility index (Phi) is 3.44. The van der Waals surface area contributed by atoms with E-state index in [4.69, 9.17) is 4.52 Å². The van der Waals surface area contributed by atoms with Gasteiger partial charge in [0.2, 0.25) is 5.89 Å². The average Bonchev–Trinajstić information content (AvgIpc) is 3.13. The molecule has 2 aromatic heterocycles. The van der Waals surface area contributed by atoms with Crippen molar-refractivity contribution < 1.29 is 9.32 Å². The first-order chi connectivity index (χ1) is 10.1. The van der Waals surface area contributed by atoms with E-state index in [-0.39, 0.29) is 11.9 Å². The Hall–Kier alpha value is -2.25. The second kappa shape index (κ2) is 5.27. The fraction of sp³-hybridized carbons (Fsp3) is 0.615. The van der Waals surface area contributed by atoms with Crippen molar-refractivity contribution in [3.05, 3.63) is 23.1 Å². The third-order valence-electron chi connectivity index (χ3n) is 3.86. The van der Waals surface area contributed by atoms with Gasteiger partial charge in [0.1, 0.15) is 6.54 Å². The molecule has 0 radical (unpaired) electrons. The number of rotatable bonds is 3. The maximum Gasteiger partial charge on any atom is 0.276 e. The highest BCUT2D eigenvalue weighted by molar-refractivity contribution is 5.93. The Bertz CT molecular complexity index is 661. The standard InChI is InChI=1S/C13H18N6O2/c1-8-5-4-6-18(8)13(20)12-9(2)19(17-15-12)7-11-14-10(3)21-16-11/h8H,4-7H2,1-3H3. The van der Waals surface area contributed by atoms with E-state index in [0.29, 0.717) is 24.0 Å². The number of nitrogens with zero attached hydrogens (tertiary/aromatic N) is 6. The summed E-state index contributed by atoms with van der Waals surface area (Å²) in [6.45, 7) is 6.76. The van der Waals surface area contributed by atoms with Crippen molar-refractivity contribution in [2.45, 2.75) is 46.2 Å². The molecule has 1 aliphatic heterocycles. The molecule has 1 atom stereocenters.